The van der Waals surface area contributed by atoms with E-state index < -0.39 is 11.4 Å². The zero-order valence-electron chi connectivity index (χ0n) is 16.6. The number of primary amides is 1. The van der Waals surface area contributed by atoms with Crippen molar-refractivity contribution in [3.8, 4) is 10.6 Å². The van der Waals surface area contributed by atoms with Gasteiger partial charge in [0.1, 0.15) is 11.2 Å². The van der Waals surface area contributed by atoms with Gasteiger partial charge in [0.2, 0.25) is 11.8 Å². The lowest BCUT2D eigenvalue weighted by atomic mass is 9.96. The predicted molar refractivity (Wildman–Crippen MR) is 119 cm³/mol. The van der Waals surface area contributed by atoms with Gasteiger partial charge in [0.25, 0.3) is 0 Å². The summed E-state index contributed by atoms with van der Waals surface area (Å²) >= 11 is 1.60. The van der Waals surface area contributed by atoms with Crippen molar-refractivity contribution in [1.29, 1.82) is 0 Å². The number of thiophene rings is 1. The number of hydrogen-bond acceptors (Lipinski definition) is 4. The van der Waals surface area contributed by atoms with Gasteiger partial charge < -0.3 is 11.1 Å². The van der Waals surface area contributed by atoms with Crippen molar-refractivity contribution in [3.05, 3.63) is 71.2 Å². The van der Waals surface area contributed by atoms with E-state index >= 15 is 0 Å². The first-order valence-corrected chi connectivity index (χ1v) is 10.9. The molecule has 0 bridgehead atoms. The van der Waals surface area contributed by atoms with E-state index in [-0.39, 0.29) is 5.91 Å². The van der Waals surface area contributed by atoms with E-state index in [0.717, 1.165) is 34.5 Å². The summed E-state index contributed by atoms with van der Waals surface area (Å²) in [5.74, 6) is -0.777. The van der Waals surface area contributed by atoms with Crippen molar-refractivity contribution in [2.24, 2.45) is 5.73 Å². The molecule has 1 aliphatic rings. The predicted octanol–water partition coefficient (Wildman–Crippen LogP) is 3.59. The summed E-state index contributed by atoms with van der Waals surface area (Å²) in [6.07, 6.45) is 8.12. The number of hydrogen-bond donors (Lipinski definition) is 2. The molecule has 0 radical (unpaired) electrons. The third-order valence-electron chi connectivity index (χ3n) is 5.44. The van der Waals surface area contributed by atoms with E-state index in [2.05, 4.69) is 17.4 Å². The fourth-order valence-electron chi connectivity index (χ4n) is 3.87. The molecule has 1 saturated carbocycles. The minimum atomic E-state index is -0.921. The fraction of sp³-hybridized carbons (Fsp3) is 0.261. The highest BCUT2D eigenvalue weighted by atomic mass is 32.1. The first kappa shape index (κ1) is 20.1. The average molecular weight is 421 g/mol. The molecule has 0 unspecified atom stereocenters. The molecule has 3 aromatic rings. The van der Waals surface area contributed by atoms with Crippen LogP contribution in [0, 0.1) is 0 Å². The SMILES string of the molecule is NC(=O)C1(NC(=O)C=Cc2cn(Cc3ccccc3)nc2-c2cccs2)CCCC1. The molecule has 2 amide bonds. The van der Waals surface area contributed by atoms with E-state index in [1.54, 1.807) is 17.4 Å². The number of nitrogens with two attached hydrogens (primary N) is 1. The summed E-state index contributed by atoms with van der Waals surface area (Å²) in [4.78, 5) is 25.5. The van der Waals surface area contributed by atoms with Crippen molar-refractivity contribution in [2.45, 2.75) is 37.8 Å². The van der Waals surface area contributed by atoms with Gasteiger partial charge in [-0.15, -0.1) is 11.3 Å². The second-order valence-corrected chi connectivity index (χ2v) is 8.52. The molecule has 30 heavy (non-hydrogen) atoms. The van der Waals surface area contributed by atoms with Crippen LogP contribution in [0.5, 0.6) is 0 Å². The molecule has 7 heteroatoms. The van der Waals surface area contributed by atoms with Crippen LogP contribution >= 0.6 is 11.3 Å². The molecule has 0 atom stereocenters. The Morgan fingerprint density at radius 3 is 2.60 bits per heavy atom. The molecule has 1 aliphatic carbocycles. The number of carbonyl (C=O) groups excluding carboxylic acids is 2. The first-order chi connectivity index (χ1) is 14.6. The number of nitrogens with zero attached hydrogens (tertiary/aromatic N) is 2. The van der Waals surface area contributed by atoms with Gasteiger partial charge >= 0.3 is 0 Å². The monoisotopic (exact) mass is 420 g/mol. The Bertz CT molecular complexity index is 1050. The second kappa shape index (κ2) is 8.67. The molecular weight excluding hydrogens is 396 g/mol. The Kier molecular flexibility index (Phi) is 5.81. The van der Waals surface area contributed by atoms with Crippen LogP contribution in [0.4, 0.5) is 0 Å². The van der Waals surface area contributed by atoms with Gasteiger partial charge in [0.05, 0.1) is 11.4 Å². The van der Waals surface area contributed by atoms with E-state index in [0.29, 0.717) is 19.4 Å². The molecular formula is C23H24N4O2S. The number of nitrogens with one attached hydrogen (secondary N) is 1. The maximum Gasteiger partial charge on any atom is 0.244 e. The molecule has 154 valence electrons. The normalized spacial score (nSPS) is 15.5. The fourth-order valence-corrected chi connectivity index (χ4v) is 4.60. The molecule has 0 spiro atoms. The van der Waals surface area contributed by atoms with Crippen molar-refractivity contribution in [1.82, 2.24) is 15.1 Å². The Labute approximate surface area is 179 Å². The minimum Gasteiger partial charge on any atom is -0.368 e. The van der Waals surface area contributed by atoms with E-state index in [9.17, 15) is 9.59 Å². The lowest BCUT2D eigenvalue weighted by Crippen LogP contribution is -2.55. The van der Waals surface area contributed by atoms with Gasteiger partial charge in [0, 0.05) is 17.8 Å². The summed E-state index contributed by atoms with van der Waals surface area (Å²) in [5.41, 5.74) is 7.47. The molecule has 2 heterocycles. The maximum absolute atomic E-state index is 12.5. The summed E-state index contributed by atoms with van der Waals surface area (Å²) < 4.78 is 1.88. The molecule has 0 saturated heterocycles. The Morgan fingerprint density at radius 1 is 1.17 bits per heavy atom. The first-order valence-electron chi connectivity index (χ1n) is 10.0. The van der Waals surface area contributed by atoms with E-state index in [1.807, 2.05) is 46.6 Å². The highest BCUT2D eigenvalue weighted by molar-refractivity contribution is 7.13. The van der Waals surface area contributed by atoms with Gasteiger partial charge in [-0.1, -0.05) is 49.2 Å². The van der Waals surface area contributed by atoms with Crippen LogP contribution in [0.3, 0.4) is 0 Å². The lowest BCUT2D eigenvalue weighted by molar-refractivity contribution is -0.129. The summed E-state index contributed by atoms with van der Waals surface area (Å²) in [6, 6.07) is 14.1. The number of carbonyl (C=O) groups is 2. The van der Waals surface area contributed by atoms with Crippen LogP contribution < -0.4 is 11.1 Å². The number of rotatable bonds is 7. The van der Waals surface area contributed by atoms with Crippen molar-refractivity contribution in [2.75, 3.05) is 0 Å². The highest BCUT2D eigenvalue weighted by Crippen LogP contribution is 2.30. The Hall–Kier alpha value is -3.19. The molecule has 4 rings (SSSR count). The molecule has 1 aromatic carbocycles. The van der Waals surface area contributed by atoms with Crippen LogP contribution in [-0.4, -0.2) is 27.1 Å². The summed E-state index contributed by atoms with van der Waals surface area (Å²) in [7, 11) is 0. The number of amides is 2. The van der Waals surface area contributed by atoms with Crippen LogP contribution in [0.1, 0.15) is 36.8 Å². The largest absolute Gasteiger partial charge is 0.368 e. The molecule has 6 nitrogen and oxygen atoms in total. The number of aromatic nitrogens is 2. The standard InChI is InChI=1S/C23H24N4O2S/c24-22(29)23(12-4-5-13-23)25-20(28)11-10-18-16-27(15-17-7-2-1-3-8-17)26-21(18)19-9-6-14-30-19/h1-3,6-11,14,16H,4-5,12-13,15H2,(H2,24,29)(H,25,28). The highest BCUT2D eigenvalue weighted by Gasteiger charge is 2.40. The molecule has 2 aromatic heterocycles. The van der Waals surface area contributed by atoms with Crippen molar-refractivity contribution in [3.63, 3.8) is 0 Å². The zero-order valence-corrected chi connectivity index (χ0v) is 17.4. The van der Waals surface area contributed by atoms with Gasteiger partial charge in [0.15, 0.2) is 0 Å². The van der Waals surface area contributed by atoms with Gasteiger partial charge in [-0.05, 0) is 35.9 Å². The Morgan fingerprint density at radius 2 is 1.93 bits per heavy atom. The quantitative estimate of drug-likeness (QED) is 0.573. The van der Waals surface area contributed by atoms with Crippen molar-refractivity contribution >= 4 is 29.2 Å². The maximum atomic E-state index is 12.5. The van der Waals surface area contributed by atoms with E-state index in [4.69, 9.17) is 10.8 Å². The third-order valence-corrected chi connectivity index (χ3v) is 6.31. The Balaban J connectivity index is 1.56. The molecule has 1 fully saturated rings. The smallest absolute Gasteiger partial charge is 0.244 e. The third kappa shape index (κ3) is 4.36. The van der Waals surface area contributed by atoms with Gasteiger partial charge in [-0.25, -0.2) is 0 Å². The zero-order chi connectivity index (χ0) is 21.0. The molecule has 0 aliphatic heterocycles. The summed E-state index contributed by atoms with van der Waals surface area (Å²) in [5, 5.41) is 9.58. The molecule has 3 N–H and O–H groups in total. The summed E-state index contributed by atoms with van der Waals surface area (Å²) in [6.45, 7) is 0.643. The van der Waals surface area contributed by atoms with Crippen LogP contribution in [0.2, 0.25) is 0 Å². The van der Waals surface area contributed by atoms with Crippen LogP contribution in [0.25, 0.3) is 16.6 Å². The van der Waals surface area contributed by atoms with Gasteiger partial charge in [-0.2, -0.15) is 5.10 Å². The minimum absolute atomic E-state index is 0.316. The lowest BCUT2D eigenvalue weighted by Gasteiger charge is -2.25. The van der Waals surface area contributed by atoms with Crippen LogP contribution in [0.15, 0.2) is 60.1 Å². The number of benzene rings is 1. The van der Waals surface area contributed by atoms with Gasteiger partial charge in [-0.3, -0.25) is 14.3 Å². The van der Waals surface area contributed by atoms with E-state index in [1.165, 1.54) is 6.08 Å². The second-order valence-electron chi connectivity index (χ2n) is 7.57. The van der Waals surface area contributed by atoms with Crippen molar-refractivity contribution < 1.29 is 9.59 Å². The average Bonchev–Trinajstić information content (AvgIpc) is 3.48. The van der Waals surface area contributed by atoms with Crippen LogP contribution in [-0.2, 0) is 16.1 Å². The topological polar surface area (TPSA) is 90.0 Å².